The quantitative estimate of drug-likeness (QED) is 0.553. The molecule has 1 aliphatic rings. The van der Waals surface area contributed by atoms with E-state index in [2.05, 4.69) is 52.9 Å². The van der Waals surface area contributed by atoms with Crippen LogP contribution >= 0.6 is 34.4 Å². The van der Waals surface area contributed by atoms with Gasteiger partial charge in [0.05, 0.1) is 6.61 Å². The van der Waals surface area contributed by atoms with E-state index < -0.39 is 0 Å². The van der Waals surface area contributed by atoms with Crippen LogP contribution in [0.3, 0.4) is 0 Å². The first-order chi connectivity index (χ1) is 8.84. The summed E-state index contributed by atoms with van der Waals surface area (Å²) in [7, 11) is 0. The fraction of sp³-hybridized carbons (Fsp3) is 0.429. The highest BCUT2D eigenvalue weighted by molar-refractivity contribution is 14.1. The second kappa shape index (κ2) is 8.19. The van der Waals surface area contributed by atoms with Crippen LogP contribution in [0.4, 0.5) is 0 Å². The lowest BCUT2D eigenvalue weighted by Gasteiger charge is -2.21. The number of rotatable bonds is 5. The van der Waals surface area contributed by atoms with E-state index in [4.69, 9.17) is 9.47 Å². The zero-order chi connectivity index (χ0) is 12.6. The molecule has 18 heavy (non-hydrogen) atoms. The van der Waals surface area contributed by atoms with Gasteiger partial charge in [-0.3, -0.25) is 0 Å². The first kappa shape index (κ1) is 14.4. The Morgan fingerprint density at radius 2 is 2.22 bits per heavy atom. The zero-order valence-corrected chi connectivity index (χ0v) is 13.2. The van der Waals surface area contributed by atoms with Crippen molar-refractivity contribution in [2.75, 3.05) is 13.2 Å². The number of hydrogen-bond acceptors (Lipinski definition) is 3. The molecule has 0 saturated carbocycles. The molecule has 0 spiro atoms. The van der Waals surface area contributed by atoms with Gasteiger partial charge in [-0.25, -0.2) is 0 Å². The highest BCUT2D eigenvalue weighted by Crippen LogP contribution is 2.30. The normalized spacial score (nSPS) is 20.9. The largest absolute Gasteiger partial charge is 0.353 e. The molecule has 1 aromatic carbocycles. The number of thioether (sulfide) groups is 1. The summed E-state index contributed by atoms with van der Waals surface area (Å²) in [4.78, 5) is 1.26. The summed E-state index contributed by atoms with van der Waals surface area (Å²) in [6.45, 7) is 1.47. The molecular formula is C14H17IO2S. The minimum absolute atomic E-state index is 0.000857. The third-order valence-corrected chi connectivity index (χ3v) is 4.59. The van der Waals surface area contributed by atoms with Gasteiger partial charge in [0.1, 0.15) is 0 Å². The fourth-order valence-electron chi connectivity index (χ4n) is 1.71. The van der Waals surface area contributed by atoms with E-state index in [1.165, 1.54) is 14.2 Å². The first-order valence-corrected chi connectivity index (χ1v) is 8.06. The minimum atomic E-state index is 0.000857. The zero-order valence-electron chi connectivity index (χ0n) is 10.2. The molecule has 0 amide bonds. The molecule has 1 fully saturated rings. The topological polar surface area (TPSA) is 18.5 Å². The molecule has 1 aliphatic heterocycles. The van der Waals surface area contributed by atoms with Crippen molar-refractivity contribution in [3.8, 4) is 0 Å². The van der Waals surface area contributed by atoms with Gasteiger partial charge in [0.2, 0.25) is 0 Å². The number of halogens is 1. The van der Waals surface area contributed by atoms with Crippen LogP contribution in [-0.4, -0.2) is 19.5 Å². The van der Waals surface area contributed by atoms with Crippen molar-refractivity contribution in [2.24, 2.45) is 0 Å². The minimum Gasteiger partial charge on any atom is -0.353 e. The molecule has 0 N–H and O–H groups in total. The summed E-state index contributed by atoms with van der Waals surface area (Å²) in [6.07, 6.45) is 5.51. The molecule has 2 rings (SSSR count). The van der Waals surface area contributed by atoms with Crippen molar-refractivity contribution >= 4 is 34.4 Å². The van der Waals surface area contributed by atoms with Crippen molar-refractivity contribution in [1.29, 1.82) is 0 Å². The van der Waals surface area contributed by atoms with Gasteiger partial charge in [-0.05, 0) is 60.1 Å². The molecule has 1 unspecified atom stereocenters. The van der Waals surface area contributed by atoms with Crippen molar-refractivity contribution in [1.82, 2.24) is 0 Å². The Morgan fingerprint density at radius 1 is 1.39 bits per heavy atom. The van der Waals surface area contributed by atoms with E-state index in [-0.39, 0.29) is 6.29 Å². The van der Waals surface area contributed by atoms with Crippen LogP contribution in [0, 0.1) is 0 Å². The molecule has 0 bridgehead atoms. The summed E-state index contributed by atoms with van der Waals surface area (Å²) in [6, 6.07) is 10.4. The third-order valence-electron chi connectivity index (χ3n) is 2.62. The number of ether oxygens (including phenoxy) is 2. The summed E-state index contributed by atoms with van der Waals surface area (Å²) >= 11 is 4.10. The molecule has 0 aliphatic carbocycles. The van der Waals surface area contributed by atoms with Crippen LogP contribution < -0.4 is 0 Å². The maximum absolute atomic E-state index is 5.67. The maximum Gasteiger partial charge on any atom is 0.157 e. The van der Waals surface area contributed by atoms with Crippen LogP contribution in [0.15, 0.2) is 44.2 Å². The summed E-state index contributed by atoms with van der Waals surface area (Å²) < 4.78 is 12.4. The van der Waals surface area contributed by atoms with E-state index >= 15 is 0 Å². The predicted molar refractivity (Wildman–Crippen MR) is 83.9 cm³/mol. The highest BCUT2D eigenvalue weighted by atomic mass is 127. The monoisotopic (exact) mass is 376 g/mol. The van der Waals surface area contributed by atoms with Gasteiger partial charge in [0.15, 0.2) is 6.29 Å². The van der Waals surface area contributed by atoms with E-state index in [0.29, 0.717) is 6.61 Å². The Labute approximate surface area is 126 Å². The Balaban J connectivity index is 1.71. The average Bonchev–Trinajstić information content (AvgIpc) is 2.41. The molecular weight excluding hydrogens is 359 g/mol. The highest BCUT2D eigenvalue weighted by Gasteiger charge is 2.12. The van der Waals surface area contributed by atoms with Gasteiger partial charge < -0.3 is 9.47 Å². The standard InChI is InChI=1S/C14H17IO2S/c15-13(18-12-6-2-1-3-7-12)9-11-17-14-8-4-5-10-16-14/h1-3,6-7,9,14H,4-5,8,10-11H2/b13-9-. The van der Waals surface area contributed by atoms with E-state index in [1.54, 1.807) is 11.8 Å². The van der Waals surface area contributed by atoms with Crippen LogP contribution in [0.25, 0.3) is 0 Å². The van der Waals surface area contributed by atoms with Gasteiger partial charge in [0.25, 0.3) is 0 Å². The Morgan fingerprint density at radius 3 is 2.94 bits per heavy atom. The van der Waals surface area contributed by atoms with Gasteiger partial charge in [-0.1, -0.05) is 30.0 Å². The lowest BCUT2D eigenvalue weighted by atomic mass is 10.2. The average molecular weight is 376 g/mol. The summed E-state index contributed by atoms with van der Waals surface area (Å²) in [5, 5.41) is 0. The first-order valence-electron chi connectivity index (χ1n) is 6.16. The van der Waals surface area contributed by atoms with Crippen molar-refractivity contribution in [3.63, 3.8) is 0 Å². The van der Waals surface area contributed by atoms with Crippen LogP contribution in [0.1, 0.15) is 19.3 Å². The van der Waals surface area contributed by atoms with E-state index in [0.717, 1.165) is 19.4 Å². The van der Waals surface area contributed by atoms with E-state index in [1.807, 2.05) is 6.07 Å². The van der Waals surface area contributed by atoms with Crippen molar-refractivity contribution in [3.05, 3.63) is 39.3 Å². The van der Waals surface area contributed by atoms with Gasteiger partial charge in [-0.2, -0.15) is 0 Å². The Hall–Kier alpha value is -0.0400. The molecule has 4 heteroatoms. The molecule has 1 atom stereocenters. The smallest absolute Gasteiger partial charge is 0.157 e. The van der Waals surface area contributed by atoms with Gasteiger partial charge >= 0.3 is 0 Å². The van der Waals surface area contributed by atoms with Crippen LogP contribution in [0.2, 0.25) is 0 Å². The molecule has 1 aromatic rings. The molecule has 2 nitrogen and oxygen atoms in total. The Kier molecular flexibility index (Phi) is 6.54. The van der Waals surface area contributed by atoms with Gasteiger partial charge in [0, 0.05) is 14.4 Å². The second-order valence-corrected chi connectivity index (χ2v) is 7.06. The molecule has 0 radical (unpaired) electrons. The summed E-state index contributed by atoms with van der Waals surface area (Å²) in [5.74, 6) is 0. The maximum atomic E-state index is 5.67. The lowest BCUT2D eigenvalue weighted by Crippen LogP contribution is -2.22. The molecule has 0 aromatic heterocycles. The van der Waals surface area contributed by atoms with E-state index in [9.17, 15) is 0 Å². The molecule has 98 valence electrons. The predicted octanol–water partition coefficient (Wildman–Crippen LogP) is 4.60. The van der Waals surface area contributed by atoms with Crippen molar-refractivity contribution < 1.29 is 9.47 Å². The fourth-order valence-corrected chi connectivity index (χ4v) is 3.32. The lowest BCUT2D eigenvalue weighted by molar-refractivity contribution is -0.155. The second-order valence-electron chi connectivity index (χ2n) is 4.05. The number of benzene rings is 1. The van der Waals surface area contributed by atoms with Crippen molar-refractivity contribution in [2.45, 2.75) is 30.4 Å². The third kappa shape index (κ3) is 5.30. The number of hydrogen-bond donors (Lipinski definition) is 0. The molecule has 1 saturated heterocycles. The van der Waals surface area contributed by atoms with Crippen LogP contribution in [-0.2, 0) is 9.47 Å². The summed E-state index contributed by atoms with van der Waals surface area (Å²) in [5.41, 5.74) is 0. The van der Waals surface area contributed by atoms with Crippen LogP contribution in [0.5, 0.6) is 0 Å². The molecule has 1 heterocycles. The SMILES string of the molecule is I/C(=C/COC1CCCCO1)Sc1ccccc1. The van der Waals surface area contributed by atoms with Gasteiger partial charge in [-0.15, -0.1) is 0 Å². The Bertz CT molecular complexity index is 375.